The second-order valence-electron chi connectivity index (χ2n) is 4.97. The van der Waals surface area contributed by atoms with E-state index >= 15 is 0 Å². The van der Waals surface area contributed by atoms with E-state index in [9.17, 15) is 4.79 Å². The Labute approximate surface area is 125 Å². The van der Waals surface area contributed by atoms with Gasteiger partial charge in [-0.1, -0.05) is 30.4 Å². The number of rotatable bonds is 6. The number of hydrogen-bond donors (Lipinski definition) is 3. The maximum Gasteiger partial charge on any atom is 0.315 e. The summed E-state index contributed by atoms with van der Waals surface area (Å²) in [7, 11) is 0. The standard InChI is InChI=1S/C16H22N2O3/c19-10-11-21-15-9-5-4-6-13(15)12-17-16(20)18-14-7-2-1-3-8-14/h2,4-7,9,14,19H,1,3,8,10-12H2,(H2,17,18,20). The van der Waals surface area contributed by atoms with Crippen molar-refractivity contribution in [3.05, 3.63) is 42.0 Å². The van der Waals surface area contributed by atoms with Gasteiger partial charge in [0.2, 0.25) is 0 Å². The molecule has 1 aromatic carbocycles. The van der Waals surface area contributed by atoms with Gasteiger partial charge in [0.05, 0.1) is 6.61 Å². The van der Waals surface area contributed by atoms with Gasteiger partial charge in [-0.3, -0.25) is 0 Å². The highest BCUT2D eigenvalue weighted by Gasteiger charge is 2.11. The fourth-order valence-electron chi connectivity index (χ4n) is 2.27. The molecule has 0 aromatic heterocycles. The van der Waals surface area contributed by atoms with Crippen LogP contribution in [0.5, 0.6) is 5.75 Å². The van der Waals surface area contributed by atoms with Crippen LogP contribution in [0, 0.1) is 0 Å². The fraction of sp³-hybridized carbons (Fsp3) is 0.438. The molecule has 5 heteroatoms. The molecule has 1 atom stereocenters. The Kier molecular flexibility index (Phi) is 6.09. The monoisotopic (exact) mass is 290 g/mol. The number of carbonyl (C=O) groups is 1. The number of aliphatic hydroxyl groups excluding tert-OH is 1. The van der Waals surface area contributed by atoms with Crippen LogP contribution in [0.2, 0.25) is 0 Å². The molecule has 0 saturated carbocycles. The molecule has 0 radical (unpaired) electrons. The summed E-state index contributed by atoms with van der Waals surface area (Å²) in [6.45, 7) is 0.607. The molecule has 0 spiro atoms. The number of hydrogen-bond acceptors (Lipinski definition) is 3. The minimum Gasteiger partial charge on any atom is -0.491 e. The van der Waals surface area contributed by atoms with Crippen molar-refractivity contribution in [1.29, 1.82) is 0 Å². The van der Waals surface area contributed by atoms with Gasteiger partial charge in [0, 0.05) is 18.2 Å². The molecule has 0 bridgehead atoms. The van der Waals surface area contributed by atoms with Crippen LogP contribution in [0.25, 0.3) is 0 Å². The average Bonchev–Trinajstić information content (AvgIpc) is 2.52. The molecule has 2 amide bonds. The number of carbonyl (C=O) groups excluding carboxylic acids is 1. The average molecular weight is 290 g/mol. The van der Waals surface area contributed by atoms with Crippen LogP contribution in [0.1, 0.15) is 24.8 Å². The highest BCUT2D eigenvalue weighted by molar-refractivity contribution is 5.74. The zero-order chi connectivity index (χ0) is 14.9. The summed E-state index contributed by atoms with van der Waals surface area (Å²) >= 11 is 0. The Hall–Kier alpha value is -2.01. The molecule has 1 unspecified atom stereocenters. The van der Waals surface area contributed by atoms with Gasteiger partial charge < -0.3 is 20.5 Å². The zero-order valence-corrected chi connectivity index (χ0v) is 12.0. The van der Waals surface area contributed by atoms with Crippen LogP contribution in [0.15, 0.2) is 36.4 Å². The van der Waals surface area contributed by atoms with Gasteiger partial charge in [-0.25, -0.2) is 4.79 Å². The van der Waals surface area contributed by atoms with E-state index in [2.05, 4.69) is 16.7 Å². The molecule has 21 heavy (non-hydrogen) atoms. The molecule has 1 aliphatic rings. The van der Waals surface area contributed by atoms with E-state index < -0.39 is 0 Å². The lowest BCUT2D eigenvalue weighted by Crippen LogP contribution is -2.41. The van der Waals surface area contributed by atoms with Crippen LogP contribution < -0.4 is 15.4 Å². The third kappa shape index (κ3) is 5.11. The SMILES string of the molecule is O=C(NCc1ccccc1OCCO)NC1C=CCCC1. The van der Waals surface area contributed by atoms with Crippen molar-refractivity contribution in [3.63, 3.8) is 0 Å². The Morgan fingerprint density at radius 2 is 2.24 bits per heavy atom. The molecule has 1 aromatic rings. The third-order valence-corrected chi connectivity index (χ3v) is 3.33. The second kappa shape index (κ2) is 8.32. The van der Waals surface area contributed by atoms with Crippen molar-refractivity contribution in [3.8, 4) is 5.75 Å². The fourth-order valence-corrected chi connectivity index (χ4v) is 2.27. The Morgan fingerprint density at radius 1 is 1.38 bits per heavy atom. The van der Waals surface area contributed by atoms with Crippen LogP contribution in [-0.4, -0.2) is 30.4 Å². The molecule has 3 N–H and O–H groups in total. The number of urea groups is 1. The molecule has 0 aliphatic heterocycles. The summed E-state index contributed by atoms with van der Waals surface area (Å²) in [6.07, 6.45) is 7.34. The highest BCUT2D eigenvalue weighted by atomic mass is 16.5. The van der Waals surface area contributed by atoms with Crippen LogP contribution in [0.4, 0.5) is 4.79 Å². The second-order valence-corrected chi connectivity index (χ2v) is 4.97. The first kappa shape index (κ1) is 15.4. The first-order valence-corrected chi connectivity index (χ1v) is 7.32. The van der Waals surface area contributed by atoms with Gasteiger partial charge in [-0.15, -0.1) is 0 Å². The van der Waals surface area contributed by atoms with Crippen molar-refractivity contribution in [2.75, 3.05) is 13.2 Å². The molecular weight excluding hydrogens is 268 g/mol. The van der Waals surface area contributed by atoms with Gasteiger partial charge in [0.25, 0.3) is 0 Å². The number of amides is 2. The third-order valence-electron chi connectivity index (χ3n) is 3.33. The van der Waals surface area contributed by atoms with E-state index in [0.717, 1.165) is 24.8 Å². The maximum absolute atomic E-state index is 11.9. The molecule has 114 valence electrons. The van der Waals surface area contributed by atoms with Crippen molar-refractivity contribution >= 4 is 6.03 Å². The molecule has 1 aliphatic carbocycles. The summed E-state index contributed by atoms with van der Waals surface area (Å²) in [6, 6.07) is 7.43. The molecule has 5 nitrogen and oxygen atoms in total. The van der Waals surface area contributed by atoms with Crippen LogP contribution in [-0.2, 0) is 6.54 Å². The number of nitrogens with one attached hydrogen (secondary N) is 2. The largest absolute Gasteiger partial charge is 0.491 e. The van der Waals surface area contributed by atoms with E-state index in [0.29, 0.717) is 12.3 Å². The summed E-state index contributed by atoms with van der Waals surface area (Å²) in [4.78, 5) is 11.9. The van der Waals surface area contributed by atoms with Crippen molar-refractivity contribution in [2.24, 2.45) is 0 Å². The summed E-state index contributed by atoms with van der Waals surface area (Å²) in [5, 5.41) is 14.6. The smallest absolute Gasteiger partial charge is 0.315 e. The minimum absolute atomic E-state index is 0.0315. The first-order valence-electron chi connectivity index (χ1n) is 7.32. The number of allylic oxidation sites excluding steroid dienone is 1. The summed E-state index contributed by atoms with van der Waals surface area (Å²) in [5.41, 5.74) is 0.889. The van der Waals surface area contributed by atoms with Crippen LogP contribution >= 0.6 is 0 Å². The van der Waals surface area contributed by atoms with Crippen molar-refractivity contribution in [1.82, 2.24) is 10.6 Å². The van der Waals surface area contributed by atoms with Gasteiger partial charge in [-0.2, -0.15) is 0 Å². The normalized spacial score (nSPS) is 17.3. The molecule has 0 heterocycles. The quantitative estimate of drug-likeness (QED) is 0.701. The summed E-state index contributed by atoms with van der Waals surface area (Å²) in [5.74, 6) is 0.685. The van der Waals surface area contributed by atoms with Gasteiger partial charge in [-0.05, 0) is 25.3 Å². The lowest BCUT2D eigenvalue weighted by Gasteiger charge is -2.18. The predicted molar refractivity (Wildman–Crippen MR) is 81.2 cm³/mol. The Morgan fingerprint density at radius 3 is 3.00 bits per heavy atom. The molecular formula is C16H22N2O3. The van der Waals surface area contributed by atoms with Crippen LogP contribution in [0.3, 0.4) is 0 Å². The van der Waals surface area contributed by atoms with Gasteiger partial charge >= 0.3 is 6.03 Å². The molecule has 2 rings (SSSR count). The molecule has 0 fully saturated rings. The number of ether oxygens (including phenoxy) is 1. The Bertz CT molecular complexity index is 488. The number of aliphatic hydroxyl groups is 1. The topological polar surface area (TPSA) is 70.6 Å². The predicted octanol–water partition coefficient (Wildman–Crippen LogP) is 1.97. The van der Waals surface area contributed by atoms with Gasteiger partial charge in [0.15, 0.2) is 0 Å². The van der Waals surface area contributed by atoms with Crippen molar-refractivity contribution in [2.45, 2.75) is 31.8 Å². The van der Waals surface area contributed by atoms with E-state index in [4.69, 9.17) is 9.84 Å². The van der Waals surface area contributed by atoms with E-state index in [1.807, 2.05) is 30.3 Å². The summed E-state index contributed by atoms with van der Waals surface area (Å²) < 4.78 is 5.44. The first-order chi connectivity index (χ1) is 10.3. The van der Waals surface area contributed by atoms with Crippen molar-refractivity contribution < 1.29 is 14.6 Å². The number of para-hydroxylation sites is 1. The van der Waals surface area contributed by atoms with E-state index in [-0.39, 0.29) is 25.3 Å². The van der Waals surface area contributed by atoms with Gasteiger partial charge in [0.1, 0.15) is 12.4 Å². The zero-order valence-electron chi connectivity index (χ0n) is 12.0. The Balaban J connectivity index is 1.83. The lowest BCUT2D eigenvalue weighted by molar-refractivity contribution is 0.200. The van der Waals surface area contributed by atoms with E-state index in [1.165, 1.54) is 0 Å². The number of benzene rings is 1. The lowest BCUT2D eigenvalue weighted by atomic mass is 10.0. The highest BCUT2D eigenvalue weighted by Crippen LogP contribution is 2.17. The van der Waals surface area contributed by atoms with E-state index in [1.54, 1.807) is 0 Å². The molecule has 0 saturated heterocycles. The maximum atomic E-state index is 11.9. The minimum atomic E-state index is -0.177.